The van der Waals surface area contributed by atoms with Gasteiger partial charge in [0.25, 0.3) is 0 Å². The molecule has 0 saturated heterocycles. The normalized spacial score (nSPS) is 10.6. The number of carbonyl (C=O) groups excluding carboxylic acids is 1. The van der Waals surface area contributed by atoms with Crippen molar-refractivity contribution in [3.05, 3.63) is 59.7 Å². The summed E-state index contributed by atoms with van der Waals surface area (Å²) in [5.41, 5.74) is 4.56. The highest BCUT2D eigenvalue weighted by Crippen LogP contribution is 2.21. The van der Waals surface area contributed by atoms with E-state index in [1.165, 1.54) is 17.3 Å². The van der Waals surface area contributed by atoms with Crippen molar-refractivity contribution in [3.8, 4) is 5.75 Å². The fraction of sp³-hybridized carbons (Fsp3) is 0.176. The second kappa shape index (κ2) is 8.24. The first kappa shape index (κ1) is 16.1. The molecule has 0 aliphatic heterocycles. The molecule has 0 radical (unpaired) electrons. The number of hydrogen-bond acceptors (Lipinski definition) is 4. The molecule has 0 aliphatic carbocycles. The lowest BCUT2D eigenvalue weighted by molar-refractivity contribution is -0.118. The average molecular weight is 314 g/mol. The van der Waals surface area contributed by atoms with Crippen LogP contribution >= 0.6 is 11.8 Å². The summed E-state index contributed by atoms with van der Waals surface area (Å²) in [4.78, 5) is 12.9. The zero-order valence-electron chi connectivity index (χ0n) is 12.6. The molecule has 0 aromatic heterocycles. The highest BCUT2D eigenvalue weighted by atomic mass is 32.2. The third kappa shape index (κ3) is 4.93. The van der Waals surface area contributed by atoms with Gasteiger partial charge in [0.05, 0.1) is 19.1 Å². The average Bonchev–Trinajstić information content (AvgIpc) is 2.54. The number of nitrogens with one attached hydrogen (secondary N) is 1. The molecule has 4 nitrogen and oxygen atoms in total. The Hall–Kier alpha value is -2.27. The third-order valence-corrected chi connectivity index (χ3v) is 4.12. The van der Waals surface area contributed by atoms with Crippen LogP contribution in [0.15, 0.2) is 58.5 Å². The molecule has 2 aromatic rings. The van der Waals surface area contributed by atoms with Crippen LogP contribution in [0.2, 0.25) is 0 Å². The number of rotatable bonds is 6. The van der Waals surface area contributed by atoms with E-state index in [0.29, 0.717) is 5.75 Å². The van der Waals surface area contributed by atoms with Crippen LogP contribution < -0.4 is 10.2 Å². The van der Waals surface area contributed by atoms with Gasteiger partial charge >= 0.3 is 0 Å². The maximum Gasteiger partial charge on any atom is 0.250 e. The number of amides is 1. The van der Waals surface area contributed by atoms with E-state index in [0.717, 1.165) is 16.2 Å². The number of aryl methyl sites for hydroxylation is 1. The molecule has 2 aromatic carbocycles. The van der Waals surface area contributed by atoms with E-state index >= 15 is 0 Å². The van der Waals surface area contributed by atoms with Gasteiger partial charge in [-0.3, -0.25) is 4.79 Å². The smallest absolute Gasteiger partial charge is 0.250 e. The fourth-order valence-electron chi connectivity index (χ4n) is 1.79. The molecule has 0 spiro atoms. The van der Waals surface area contributed by atoms with Crippen molar-refractivity contribution in [3.63, 3.8) is 0 Å². The summed E-state index contributed by atoms with van der Waals surface area (Å²) < 4.78 is 5.13. The maximum atomic E-state index is 11.8. The minimum atomic E-state index is -0.132. The lowest BCUT2D eigenvalue weighted by atomic mass is 10.2. The summed E-state index contributed by atoms with van der Waals surface area (Å²) in [5.74, 6) is 0.957. The van der Waals surface area contributed by atoms with Crippen LogP contribution in [0.1, 0.15) is 11.1 Å². The minimum Gasteiger partial charge on any atom is -0.497 e. The third-order valence-electron chi connectivity index (χ3n) is 2.95. The van der Waals surface area contributed by atoms with Gasteiger partial charge in [-0.1, -0.05) is 30.3 Å². The van der Waals surface area contributed by atoms with E-state index in [-0.39, 0.29) is 5.91 Å². The molecular formula is C17H18N2O2S. The molecule has 0 bridgehead atoms. The Balaban J connectivity index is 1.82. The van der Waals surface area contributed by atoms with E-state index in [2.05, 4.69) is 10.5 Å². The van der Waals surface area contributed by atoms with Gasteiger partial charge in [-0.25, -0.2) is 5.43 Å². The fourth-order valence-corrected chi connectivity index (χ4v) is 2.62. The Morgan fingerprint density at radius 1 is 1.27 bits per heavy atom. The Morgan fingerprint density at radius 2 is 2.09 bits per heavy atom. The minimum absolute atomic E-state index is 0.132. The van der Waals surface area contributed by atoms with Gasteiger partial charge in [0.2, 0.25) is 5.91 Å². The van der Waals surface area contributed by atoms with Crippen molar-refractivity contribution in [2.45, 2.75) is 11.8 Å². The van der Waals surface area contributed by atoms with E-state index in [9.17, 15) is 4.79 Å². The molecular weight excluding hydrogens is 296 g/mol. The summed E-state index contributed by atoms with van der Waals surface area (Å²) in [5, 5.41) is 3.96. The van der Waals surface area contributed by atoms with Gasteiger partial charge in [0.15, 0.2) is 0 Å². The van der Waals surface area contributed by atoms with Crippen molar-refractivity contribution in [1.29, 1.82) is 0 Å². The molecule has 22 heavy (non-hydrogen) atoms. The molecule has 1 amide bonds. The molecule has 1 N–H and O–H groups in total. The Morgan fingerprint density at radius 3 is 2.86 bits per heavy atom. The molecule has 0 heterocycles. The number of hydrogen-bond donors (Lipinski definition) is 1. The Labute approximate surface area is 134 Å². The number of benzene rings is 2. The first-order chi connectivity index (χ1) is 10.7. The van der Waals surface area contributed by atoms with Crippen LogP contribution in [0, 0.1) is 6.92 Å². The van der Waals surface area contributed by atoms with Gasteiger partial charge in [0.1, 0.15) is 5.75 Å². The van der Waals surface area contributed by atoms with E-state index in [1.54, 1.807) is 13.3 Å². The van der Waals surface area contributed by atoms with Gasteiger partial charge < -0.3 is 4.74 Å². The molecule has 0 atom stereocenters. The highest BCUT2D eigenvalue weighted by Gasteiger charge is 2.03. The Bertz CT molecular complexity index is 671. The van der Waals surface area contributed by atoms with Gasteiger partial charge in [-0.05, 0) is 36.2 Å². The highest BCUT2D eigenvalue weighted by molar-refractivity contribution is 8.00. The molecule has 5 heteroatoms. The van der Waals surface area contributed by atoms with E-state index in [4.69, 9.17) is 4.74 Å². The SMILES string of the molecule is COc1cccc(/C=N\NC(=O)CSc2ccccc2C)c1. The number of methoxy groups -OCH3 is 1. The maximum absolute atomic E-state index is 11.8. The standard InChI is InChI=1S/C17H18N2O2S/c1-13-6-3-4-9-16(13)22-12-17(20)19-18-11-14-7-5-8-15(10-14)21-2/h3-11H,12H2,1-2H3,(H,19,20)/b18-11-. The van der Waals surface area contributed by atoms with Crippen LogP contribution in [0.3, 0.4) is 0 Å². The number of carbonyl (C=O) groups is 1. The van der Waals surface area contributed by atoms with Gasteiger partial charge in [-0.15, -0.1) is 11.8 Å². The van der Waals surface area contributed by atoms with Crippen molar-refractivity contribution >= 4 is 23.9 Å². The first-order valence-electron chi connectivity index (χ1n) is 6.83. The van der Waals surface area contributed by atoms with E-state index < -0.39 is 0 Å². The van der Waals surface area contributed by atoms with E-state index in [1.807, 2.05) is 55.5 Å². The van der Waals surface area contributed by atoms with Crippen LogP contribution in [0.4, 0.5) is 0 Å². The van der Waals surface area contributed by atoms with Crippen LogP contribution in [-0.4, -0.2) is 25.0 Å². The molecule has 0 unspecified atom stereocenters. The summed E-state index contributed by atoms with van der Waals surface area (Å²) in [6, 6.07) is 15.4. The number of nitrogens with zero attached hydrogens (tertiary/aromatic N) is 1. The second-order valence-electron chi connectivity index (χ2n) is 4.62. The van der Waals surface area contributed by atoms with Crippen molar-refractivity contribution in [2.24, 2.45) is 5.10 Å². The number of ether oxygens (including phenoxy) is 1. The largest absolute Gasteiger partial charge is 0.497 e. The summed E-state index contributed by atoms with van der Waals surface area (Å²) in [6.45, 7) is 2.03. The van der Waals surface area contributed by atoms with Gasteiger partial charge in [0, 0.05) is 4.90 Å². The predicted octanol–water partition coefficient (Wildman–Crippen LogP) is 3.25. The number of thioether (sulfide) groups is 1. The van der Waals surface area contributed by atoms with Gasteiger partial charge in [-0.2, -0.15) is 5.10 Å². The number of hydrazone groups is 1. The van der Waals surface area contributed by atoms with Crippen molar-refractivity contribution in [2.75, 3.05) is 12.9 Å². The second-order valence-corrected chi connectivity index (χ2v) is 5.64. The first-order valence-corrected chi connectivity index (χ1v) is 7.82. The van der Waals surface area contributed by atoms with Crippen molar-refractivity contribution < 1.29 is 9.53 Å². The quantitative estimate of drug-likeness (QED) is 0.506. The van der Waals surface area contributed by atoms with Crippen LogP contribution in [-0.2, 0) is 4.79 Å². The molecule has 0 saturated carbocycles. The monoisotopic (exact) mass is 314 g/mol. The zero-order chi connectivity index (χ0) is 15.8. The lowest BCUT2D eigenvalue weighted by Crippen LogP contribution is -2.19. The Kier molecular flexibility index (Phi) is 6.03. The molecule has 0 aliphatic rings. The molecule has 114 valence electrons. The molecule has 2 rings (SSSR count). The predicted molar refractivity (Wildman–Crippen MR) is 90.6 cm³/mol. The summed E-state index contributed by atoms with van der Waals surface area (Å²) in [7, 11) is 1.61. The summed E-state index contributed by atoms with van der Waals surface area (Å²) >= 11 is 1.50. The topological polar surface area (TPSA) is 50.7 Å². The van der Waals surface area contributed by atoms with Crippen molar-refractivity contribution in [1.82, 2.24) is 5.43 Å². The molecule has 0 fully saturated rings. The lowest BCUT2D eigenvalue weighted by Gasteiger charge is -2.04. The summed E-state index contributed by atoms with van der Waals surface area (Å²) in [6.07, 6.45) is 1.60. The zero-order valence-corrected chi connectivity index (χ0v) is 13.4. The van der Waals surface area contributed by atoms with Crippen LogP contribution in [0.5, 0.6) is 5.75 Å². The van der Waals surface area contributed by atoms with Crippen LogP contribution in [0.25, 0.3) is 0 Å².